The predicted molar refractivity (Wildman–Crippen MR) is 126 cm³/mol. The van der Waals surface area contributed by atoms with Crippen LogP contribution in [0.15, 0.2) is 24.3 Å². The van der Waals surface area contributed by atoms with Crippen LogP contribution in [0.3, 0.4) is 0 Å². The summed E-state index contributed by atoms with van der Waals surface area (Å²) in [6.45, 7) is 5.64. The molecule has 3 aliphatic rings. The van der Waals surface area contributed by atoms with Gasteiger partial charge in [0.2, 0.25) is 5.91 Å². The standard InChI is InChI=1S/C25H36ClN3O3/c1-25(16-27-24(31)32)17-29(15-22(25)18-7-9-20(26)10-8-18)23(30)19-11-13-28(14-12-19)21-5-3-2-4-6-21/h7-10,19,21-22,27H,2-6,11-17H2,1H3,(H,31,32)/t22-,25+/m0/s1. The largest absolute Gasteiger partial charge is 0.465 e. The first-order valence-electron chi connectivity index (χ1n) is 12.1. The molecule has 1 saturated carbocycles. The van der Waals surface area contributed by atoms with E-state index in [0.29, 0.717) is 30.7 Å². The third-order valence-corrected chi connectivity index (χ3v) is 8.25. The Morgan fingerprint density at radius 2 is 1.75 bits per heavy atom. The number of carbonyl (C=O) groups excluding carboxylic acids is 1. The molecule has 2 N–H and O–H groups in total. The molecule has 2 atom stereocenters. The Labute approximate surface area is 196 Å². The fourth-order valence-electron chi connectivity index (χ4n) is 6.09. The van der Waals surface area contributed by atoms with Crippen LogP contribution in [0, 0.1) is 11.3 Å². The first kappa shape index (κ1) is 23.4. The van der Waals surface area contributed by atoms with E-state index in [9.17, 15) is 14.7 Å². The number of carboxylic acid groups (broad SMARTS) is 1. The molecule has 2 aliphatic heterocycles. The van der Waals surface area contributed by atoms with Crippen LogP contribution in [0.4, 0.5) is 4.79 Å². The molecule has 3 fully saturated rings. The van der Waals surface area contributed by atoms with E-state index < -0.39 is 6.09 Å². The Morgan fingerprint density at radius 3 is 2.38 bits per heavy atom. The van der Waals surface area contributed by atoms with Gasteiger partial charge in [0.1, 0.15) is 0 Å². The number of carbonyl (C=O) groups is 2. The van der Waals surface area contributed by atoms with Crippen molar-refractivity contribution in [2.45, 2.75) is 63.8 Å². The van der Waals surface area contributed by atoms with Gasteiger partial charge in [0, 0.05) is 47.9 Å². The molecule has 1 aromatic carbocycles. The monoisotopic (exact) mass is 461 g/mol. The van der Waals surface area contributed by atoms with Crippen LogP contribution in [0.2, 0.25) is 5.02 Å². The Bertz CT molecular complexity index is 803. The quantitative estimate of drug-likeness (QED) is 0.672. The van der Waals surface area contributed by atoms with Gasteiger partial charge < -0.3 is 20.2 Å². The molecule has 6 nitrogen and oxygen atoms in total. The number of nitrogens with one attached hydrogen (secondary N) is 1. The van der Waals surface area contributed by atoms with Crippen molar-refractivity contribution in [3.63, 3.8) is 0 Å². The number of rotatable bonds is 5. The molecule has 32 heavy (non-hydrogen) atoms. The Hall–Kier alpha value is -1.79. The second kappa shape index (κ2) is 10.0. The summed E-state index contributed by atoms with van der Waals surface area (Å²) in [5.74, 6) is 0.389. The van der Waals surface area contributed by atoms with Crippen LogP contribution in [-0.2, 0) is 4.79 Å². The number of hydrogen-bond acceptors (Lipinski definition) is 3. The lowest BCUT2D eigenvalue weighted by molar-refractivity contribution is -0.136. The topological polar surface area (TPSA) is 72.9 Å². The highest BCUT2D eigenvalue weighted by Crippen LogP contribution is 2.43. The Morgan fingerprint density at radius 1 is 1.09 bits per heavy atom. The number of likely N-dealkylation sites (tertiary alicyclic amines) is 2. The van der Waals surface area contributed by atoms with Crippen molar-refractivity contribution in [1.29, 1.82) is 0 Å². The van der Waals surface area contributed by atoms with E-state index in [-0.39, 0.29) is 23.2 Å². The summed E-state index contributed by atoms with van der Waals surface area (Å²) in [7, 11) is 0. The predicted octanol–water partition coefficient (Wildman–Crippen LogP) is 4.58. The van der Waals surface area contributed by atoms with Gasteiger partial charge in [-0.2, -0.15) is 0 Å². The van der Waals surface area contributed by atoms with Crippen molar-refractivity contribution in [2.24, 2.45) is 11.3 Å². The number of nitrogens with zero attached hydrogens (tertiary/aromatic N) is 2. The first-order valence-corrected chi connectivity index (χ1v) is 12.5. The summed E-state index contributed by atoms with van der Waals surface area (Å²) in [6.07, 6.45) is 7.50. The smallest absolute Gasteiger partial charge is 0.404 e. The molecule has 1 aromatic rings. The molecule has 0 unspecified atom stereocenters. The molecule has 0 bridgehead atoms. The third-order valence-electron chi connectivity index (χ3n) is 7.99. The van der Waals surface area contributed by atoms with Gasteiger partial charge in [-0.05, 0) is 56.5 Å². The molecule has 1 aliphatic carbocycles. The van der Waals surface area contributed by atoms with E-state index in [1.54, 1.807) is 0 Å². The second-order valence-electron chi connectivity index (χ2n) is 10.2. The highest BCUT2D eigenvalue weighted by molar-refractivity contribution is 6.30. The summed E-state index contributed by atoms with van der Waals surface area (Å²) in [6, 6.07) is 8.46. The van der Waals surface area contributed by atoms with E-state index >= 15 is 0 Å². The Kier molecular flexibility index (Phi) is 7.30. The average Bonchev–Trinajstić information content (AvgIpc) is 3.16. The van der Waals surface area contributed by atoms with Gasteiger partial charge in [0.25, 0.3) is 0 Å². The fourth-order valence-corrected chi connectivity index (χ4v) is 6.22. The fraction of sp³-hybridized carbons (Fsp3) is 0.680. The van der Waals surface area contributed by atoms with Crippen LogP contribution in [0.25, 0.3) is 0 Å². The molecular weight excluding hydrogens is 426 g/mol. The normalized spacial score (nSPS) is 28.1. The van der Waals surface area contributed by atoms with Crippen LogP contribution >= 0.6 is 11.6 Å². The van der Waals surface area contributed by atoms with Gasteiger partial charge >= 0.3 is 6.09 Å². The molecule has 2 heterocycles. The number of halogens is 1. The van der Waals surface area contributed by atoms with E-state index in [0.717, 1.165) is 31.5 Å². The summed E-state index contributed by atoms with van der Waals surface area (Å²) >= 11 is 6.08. The average molecular weight is 462 g/mol. The van der Waals surface area contributed by atoms with E-state index in [1.165, 1.54) is 32.1 Å². The van der Waals surface area contributed by atoms with E-state index in [2.05, 4.69) is 17.1 Å². The van der Waals surface area contributed by atoms with Crippen LogP contribution in [-0.4, -0.2) is 65.7 Å². The van der Waals surface area contributed by atoms with Gasteiger partial charge in [-0.3, -0.25) is 4.79 Å². The Balaban J connectivity index is 1.42. The zero-order valence-corrected chi connectivity index (χ0v) is 19.8. The zero-order chi connectivity index (χ0) is 22.7. The van der Waals surface area contributed by atoms with Gasteiger partial charge in [0.15, 0.2) is 0 Å². The van der Waals surface area contributed by atoms with Crippen molar-refractivity contribution in [1.82, 2.24) is 15.1 Å². The number of piperidine rings is 1. The second-order valence-corrected chi connectivity index (χ2v) is 10.7. The molecular formula is C25H36ClN3O3. The number of benzene rings is 1. The van der Waals surface area contributed by atoms with Gasteiger partial charge in [-0.1, -0.05) is 49.9 Å². The molecule has 0 aromatic heterocycles. The summed E-state index contributed by atoms with van der Waals surface area (Å²) < 4.78 is 0. The molecule has 2 amide bonds. The lowest BCUT2D eigenvalue weighted by atomic mass is 9.76. The van der Waals surface area contributed by atoms with Crippen molar-refractivity contribution in [2.75, 3.05) is 32.7 Å². The van der Waals surface area contributed by atoms with Crippen LogP contribution < -0.4 is 5.32 Å². The summed E-state index contributed by atoms with van der Waals surface area (Å²) in [5, 5.41) is 12.4. The number of amides is 2. The molecule has 0 radical (unpaired) electrons. The molecule has 7 heteroatoms. The first-order chi connectivity index (χ1) is 15.4. The highest BCUT2D eigenvalue weighted by atomic mass is 35.5. The minimum absolute atomic E-state index is 0.0675. The van der Waals surface area contributed by atoms with E-state index in [1.807, 2.05) is 29.2 Å². The third kappa shape index (κ3) is 5.23. The minimum atomic E-state index is -1.03. The minimum Gasteiger partial charge on any atom is -0.465 e. The molecule has 2 saturated heterocycles. The summed E-state index contributed by atoms with van der Waals surface area (Å²) in [5.41, 5.74) is 0.747. The van der Waals surface area contributed by atoms with Gasteiger partial charge in [-0.15, -0.1) is 0 Å². The maximum absolute atomic E-state index is 13.5. The zero-order valence-electron chi connectivity index (χ0n) is 19.1. The van der Waals surface area contributed by atoms with Gasteiger partial charge in [-0.25, -0.2) is 4.79 Å². The summed E-state index contributed by atoms with van der Waals surface area (Å²) in [4.78, 5) is 29.3. The molecule has 0 spiro atoms. The van der Waals surface area contributed by atoms with Crippen molar-refractivity contribution < 1.29 is 14.7 Å². The lowest BCUT2D eigenvalue weighted by Gasteiger charge is -2.39. The SMILES string of the molecule is C[C@@]1(CNC(=O)O)CN(C(=O)C2CCN(C3CCCCC3)CC2)C[C@H]1c1ccc(Cl)cc1. The molecule has 176 valence electrons. The highest BCUT2D eigenvalue weighted by Gasteiger charge is 2.46. The number of hydrogen-bond donors (Lipinski definition) is 2. The van der Waals surface area contributed by atoms with Gasteiger partial charge in [0.05, 0.1) is 0 Å². The lowest BCUT2D eigenvalue weighted by Crippen LogP contribution is -2.46. The van der Waals surface area contributed by atoms with E-state index in [4.69, 9.17) is 11.6 Å². The van der Waals surface area contributed by atoms with Crippen LogP contribution in [0.1, 0.15) is 63.4 Å². The van der Waals surface area contributed by atoms with Crippen molar-refractivity contribution >= 4 is 23.6 Å². The van der Waals surface area contributed by atoms with Crippen LogP contribution in [0.5, 0.6) is 0 Å². The van der Waals surface area contributed by atoms with Crippen molar-refractivity contribution in [3.8, 4) is 0 Å². The maximum Gasteiger partial charge on any atom is 0.404 e. The van der Waals surface area contributed by atoms with Crippen molar-refractivity contribution in [3.05, 3.63) is 34.9 Å². The molecule has 4 rings (SSSR count). The maximum atomic E-state index is 13.5.